The highest BCUT2D eigenvalue weighted by molar-refractivity contribution is 5.92. The van der Waals surface area contributed by atoms with E-state index in [1.165, 1.54) is 4.90 Å². The lowest BCUT2D eigenvalue weighted by Gasteiger charge is -2.25. The van der Waals surface area contributed by atoms with Gasteiger partial charge in [0.25, 0.3) is 0 Å². The van der Waals surface area contributed by atoms with Gasteiger partial charge in [0.05, 0.1) is 24.4 Å². The molecule has 3 N–H and O–H groups in total. The Morgan fingerprint density at radius 1 is 1.41 bits per heavy atom. The van der Waals surface area contributed by atoms with Gasteiger partial charge in [0.1, 0.15) is 0 Å². The van der Waals surface area contributed by atoms with Crippen molar-refractivity contribution in [2.24, 2.45) is 0 Å². The van der Waals surface area contributed by atoms with Crippen LogP contribution in [-0.2, 0) is 0 Å². The second kappa shape index (κ2) is 6.50. The summed E-state index contributed by atoms with van der Waals surface area (Å²) in [5.74, 6) is 0.786. The molecule has 0 radical (unpaired) electrons. The first kappa shape index (κ1) is 15.1. The van der Waals surface area contributed by atoms with E-state index in [1.54, 1.807) is 12.3 Å². The molecule has 2 aliphatic rings. The number of nitrogens with one attached hydrogen (secondary N) is 1. The quantitative estimate of drug-likeness (QED) is 0.763. The first-order valence-electron chi connectivity index (χ1n) is 7.75. The minimum atomic E-state index is -0.574. The zero-order valence-electron chi connectivity index (χ0n) is 12.5. The van der Waals surface area contributed by atoms with Gasteiger partial charge in [-0.3, -0.25) is 0 Å². The minimum Gasteiger partial charge on any atom is -0.394 e. The summed E-state index contributed by atoms with van der Waals surface area (Å²) in [5.41, 5.74) is 0.674. The average Bonchev–Trinajstić information content (AvgIpc) is 3.17. The summed E-state index contributed by atoms with van der Waals surface area (Å²) in [6, 6.07) is 2.99. The Kier molecular flexibility index (Phi) is 4.44. The summed E-state index contributed by atoms with van der Waals surface area (Å²) in [7, 11) is 0. The normalized spacial score (nSPS) is 24.8. The van der Waals surface area contributed by atoms with E-state index in [4.69, 9.17) is 0 Å². The number of rotatable bonds is 3. The number of aromatic nitrogens is 1. The maximum absolute atomic E-state index is 12.4. The Hall–Kier alpha value is -1.86. The number of nitrogens with zero attached hydrogens (tertiary/aromatic N) is 3. The molecule has 1 aromatic rings. The molecule has 1 aromatic heterocycles. The molecule has 0 unspecified atom stereocenters. The molecule has 0 spiro atoms. The first-order valence-corrected chi connectivity index (χ1v) is 7.75. The van der Waals surface area contributed by atoms with Crippen molar-refractivity contribution in [3.63, 3.8) is 0 Å². The van der Waals surface area contributed by atoms with E-state index < -0.39 is 6.10 Å². The number of amides is 2. The third-order valence-corrected chi connectivity index (χ3v) is 4.30. The van der Waals surface area contributed by atoms with Crippen LogP contribution in [0.15, 0.2) is 18.3 Å². The predicted molar refractivity (Wildman–Crippen MR) is 82.9 cm³/mol. The SMILES string of the molecule is O=C(Nc1cccnc1N1CCCC1)N1C[C@@H](O)C[C@@H]1CO. The molecular weight excluding hydrogens is 284 g/mol. The van der Waals surface area contributed by atoms with Gasteiger partial charge in [0.15, 0.2) is 5.82 Å². The minimum absolute atomic E-state index is 0.142. The highest BCUT2D eigenvalue weighted by atomic mass is 16.3. The second-order valence-corrected chi connectivity index (χ2v) is 5.88. The fraction of sp³-hybridized carbons (Fsp3) is 0.600. The lowest BCUT2D eigenvalue weighted by Crippen LogP contribution is -2.41. The highest BCUT2D eigenvalue weighted by Gasteiger charge is 2.34. The Balaban J connectivity index is 1.74. The maximum Gasteiger partial charge on any atom is 0.322 e. The third kappa shape index (κ3) is 3.00. The van der Waals surface area contributed by atoms with Gasteiger partial charge in [-0.25, -0.2) is 9.78 Å². The second-order valence-electron chi connectivity index (χ2n) is 5.88. The van der Waals surface area contributed by atoms with Gasteiger partial charge < -0.3 is 25.3 Å². The molecule has 7 nitrogen and oxygen atoms in total. The Bertz CT molecular complexity index is 533. The van der Waals surface area contributed by atoms with Gasteiger partial charge in [-0.2, -0.15) is 0 Å². The predicted octanol–water partition coefficient (Wildman–Crippen LogP) is 0.641. The van der Waals surface area contributed by atoms with Crippen molar-refractivity contribution in [2.75, 3.05) is 36.5 Å². The maximum atomic E-state index is 12.4. The molecule has 0 saturated carbocycles. The molecular formula is C15H22N4O3. The van der Waals surface area contributed by atoms with Crippen LogP contribution >= 0.6 is 0 Å². The lowest BCUT2D eigenvalue weighted by atomic mass is 10.2. The van der Waals surface area contributed by atoms with Gasteiger partial charge in [0.2, 0.25) is 0 Å². The van der Waals surface area contributed by atoms with Crippen LogP contribution in [0, 0.1) is 0 Å². The number of aliphatic hydroxyl groups is 2. The van der Waals surface area contributed by atoms with Crippen molar-refractivity contribution < 1.29 is 15.0 Å². The molecule has 2 atom stereocenters. The number of likely N-dealkylation sites (tertiary alicyclic amines) is 1. The molecule has 0 bridgehead atoms. The number of hydrogen-bond donors (Lipinski definition) is 3. The van der Waals surface area contributed by atoms with Crippen LogP contribution in [0.5, 0.6) is 0 Å². The van der Waals surface area contributed by atoms with E-state index in [2.05, 4.69) is 15.2 Å². The van der Waals surface area contributed by atoms with Crippen molar-refractivity contribution in [3.05, 3.63) is 18.3 Å². The third-order valence-electron chi connectivity index (χ3n) is 4.30. The molecule has 0 aliphatic carbocycles. The highest BCUT2D eigenvalue weighted by Crippen LogP contribution is 2.27. The van der Waals surface area contributed by atoms with E-state index in [-0.39, 0.29) is 25.2 Å². The fourth-order valence-corrected chi connectivity index (χ4v) is 3.18. The van der Waals surface area contributed by atoms with Crippen LogP contribution < -0.4 is 10.2 Å². The van der Waals surface area contributed by atoms with Crippen molar-refractivity contribution in [3.8, 4) is 0 Å². The van der Waals surface area contributed by atoms with Crippen molar-refractivity contribution in [1.29, 1.82) is 0 Å². The fourth-order valence-electron chi connectivity index (χ4n) is 3.18. The number of pyridine rings is 1. The number of aliphatic hydroxyl groups excluding tert-OH is 2. The lowest BCUT2D eigenvalue weighted by molar-refractivity contribution is 0.164. The number of carbonyl (C=O) groups is 1. The number of carbonyl (C=O) groups excluding carboxylic acids is 1. The molecule has 0 aromatic carbocycles. The zero-order chi connectivity index (χ0) is 15.5. The van der Waals surface area contributed by atoms with Crippen LogP contribution in [0.1, 0.15) is 19.3 Å². The molecule has 3 rings (SSSR count). The summed E-state index contributed by atoms with van der Waals surface area (Å²) >= 11 is 0. The molecule has 3 heterocycles. The number of urea groups is 1. The van der Waals surface area contributed by atoms with Crippen molar-refractivity contribution in [2.45, 2.75) is 31.4 Å². The van der Waals surface area contributed by atoms with Gasteiger partial charge in [-0.05, 0) is 31.4 Å². The molecule has 2 fully saturated rings. The van der Waals surface area contributed by atoms with Gasteiger partial charge in [0, 0.05) is 25.8 Å². The van der Waals surface area contributed by atoms with Crippen molar-refractivity contribution >= 4 is 17.5 Å². The van der Waals surface area contributed by atoms with Crippen LogP contribution in [-0.4, -0.2) is 64.5 Å². The van der Waals surface area contributed by atoms with Crippen LogP contribution in [0.4, 0.5) is 16.3 Å². The van der Waals surface area contributed by atoms with Gasteiger partial charge in [-0.15, -0.1) is 0 Å². The summed E-state index contributed by atoms with van der Waals surface area (Å²) in [5, 5.41) is 21.9. The van der Waals surface area contributed by atoms with Crippen molar-refractivity contribution in [1.82, 2.24) is 9.88 Å². The average molecular weight is 306 g/mol. The summed E-state index contributed by atoms with van der Waals surface area (Å²) in [6.07, 6.45) is 3.83. The number of anilines is 2. The Morgan fingerprint density at radius 2 is 2.18 bits per heavy atom. The van der Waals surface area contributed by atoms with Crippen LogP contribution in [0.25, 0.3) is 0 Å². The monoisotopic (exact) mass is 306 g/mol. The molecule has 120 valence electrons. The smallest absolute Gasteiger partial charge is 0.322 e. The summed E-state index contributed by atoms with van der Waals surface area (Å²) < 4.78 is 0. The van der Waals surface area contributed by atoms with E-state index >= 15 is 0 Å². The summed E-state index contributed by atoms with van der Waals surface area (Å²) in [6.45, 7) is 2.00. The standard InChI is InChI=1S/C15H22N4O3/c20-10-11-8-12(21)9-19(11)15(22)17-13-4-3-5-16-14(13)18-6-1-2-7-18/h3-5,11-12,20-21H,1-2,6-10H2,(H,17,22)/t11-,12+/m1/s1. The summed E-state index contributed by atoms with van der Waals surface area (Å²) in [4.78, 5) is 20.5. The Labute approximate surface area is 129 Å². The molecule has 2 aliphatic heterocycles. The van der Waals surface area contributed by atoms with Crippen LogP contribution in [0.3, 0.4) is 0 Å². The molecule has 7 heteroatoms. The number of β-amino-alcohol motifs (C(OH)–C–C–N with tert-alkyl or cyclic N) is 1. The van der Waals surface area contributed by atoms with Gasteiger partial charge >= 0.3 is 6.03 Å². The van der Waals surface area contributed by atoms with E-state index in [1.807, 2.05) is 6.07 Å². The van der Waals surface area contributed by atoms with E-state index in [9.17, 15) is 15.0 Å². The van der Waals surface area contributed by atoms with Gasteiger partial charge in [-0.1, -0.05) is 0 Å². The topological polar surface area (TPSA) is 88.9 Å². The molecule has 2 saturated heterocycles. The van der Waals surface area contributed by atoms with E-state index in [0.29, 0.717) is 12.1 Å². The zero-order valence-corrected chi connectivity index (χ0v) is 12.5. The van der Waals surface area contributed by atoms with Crippen LogP contribution in [0.2, 0.25) is 0 Å². The largest absolute Gasteiger partial charge is 0.394 e. The molecule has 2 amide bonds. The van der Waals surface area contributed by atoms with E-state index in [0.717, 1.165) is 31.7 Å². The Morgan fingerprint density at radius 3 is 2.91 bits per heavy atom. The number of hydrogen-bond acceptors (Lipinski definition) is 5. The molecule has 22 heavy (non-hydrogen) atoms. The first-order chi connectivity index (χ1) is 10.7.